The maximum Gasteiger partial charge on any atom is 0.368 e. The Labute approximate surface area is 108 Å². The van der Waals surface area contributed by atoms with Crippen molar-refractivity contribution in [1.29, 1.82) is 0 Å². The van der Waals surface area contributed by atoms with Gasteiger partial charge in [-0.15, -0.1) is 0 Å². The first-order chi connectivity index (χ1) is 7.50. The van der Waals surface area contributed by atoms with Gasteiger partial charge in [0.2, 0.25) is 0 Å². The molecule has 0 aliphatic heterocycles. The van der Waals surface area contributed by atoms with Gasteiger partial charge in [0, 0.05) is 0 Å². The minimum absolute atomic E-state index is 3.96. The zero-order valence-electron chi connectivity index (χ0n) is 7.54. The average Bonchev–Trinajstić information content (AvgIpc) is 2.14. The maximum atomic E-state index is 13.1. The van der Waals surface area contributed by atoms with Crippen LogP contribution in [0.2, 0.25) is 0 Å². The van der Waals surface area contributed by atoms with Crippen LogP contribution < -0.4 is 0 Å². The van der Waals surface area contributed by atoms with Gasteiger partial charge in [-0.25, -0.2) is 13.2 Å². The summed E-state index contributed by atoms with van der Waals surface area (Å²) in [7, 11) is 0. The first kappa shape index (κ1) is 16.3. The van der Waals surface area contributed by atoms with Crippen LogP contribution in [0.4, 0.5) is 39.5 Å². The molecule has 0 bridgehead atoms. The highest BCUT2D eigenvalue weighted by Crippen LogP contribution is 2.71. The summed E-state index contributed by atoms with van der Waals surface area (Å²) in [5, 5.41) is -17.5. The molecule has 0 nitrogen and oxygen atoms in total. The van der Waals surface area contributed by atoms with Crippen LogP contribution in [0.15, 0.2) is 0 Å². The molecule has 108 valence electrons. The number of rotatable bonds is 0. The molecule has 3 atom stereocenters. The van der Waals surface area contributed by atoms with E-state index >= 15 is 0 Å². The number of alkyl halides is 12. The summed E-state index contributed by atoms with van der Waals surface area (Å²) < 4.78 is 116. The Morgan fingerprint density at radius 2 is 0.611 bits per heavy atom. The van der Waals surface area contributed by atoms with Crippen molar-refractivity contribution in [2.45, 2.75) is 33.2 Å². The zero-order chi connectivity index (χ0) is 15.0. The molecule has 12 heteroatoms. The highest BCUT2D eigenvalue weighted by atomic mass is 35.5. The van der Waals surface area contributed by atoms with Crippen molar-refractivity contribution in [2.24, 2.45) is 0 Å². The lowest BCUT2D eigenvalue weighted by atomic mass is 9.83. The summed E-state index contributed by atoms with van der Waals surface area (Å²) in [6, 6.07) is 0. The lowest BCUT2D eigenvalue weighted by molar-refractivity contribution is -0.383. The van der Waals surface area contributed by atoms with E-state index in [1.165, 1.54) is 0 Å². The van der Waals surface area contributed by atoms with Gasteiger partial charge >= 0.3 is 33.2 Å². The third-order valence-electron chi connectivity index (χ3n) is 2.37. The second kappa shape index (κ2) is 3.46. The smallest absolute Gasteiger partial charge is 0.214 e. The molecular formula is C6Cl3F9. The van der Waals surface area contributed by atoms with Crippen molar-refractivity contribution in [3.63, 3.8) is 0 Å². The molecular weight excluding hydrogens is 349 g/mol. The lowest BCUT2D eigenvalue weighted by Crippen LogP contribution is -2.81. The molecule has 1 aliphatic carbocycles. The van der Waals surface area contributed by atoms with Crippen LogP contribution >= 0.6 is 34.8 Å². The quantitative estimate of drug-likeness (QED) is 0.442. The van der Waals surface area contributed by atoms with E-state index < -0.39 is 33.2 Å². The molecule has 0 saturated heterocycles. The fourth-order valence-electron chi connectivity index (χ4n) is 1.18. The second-order valence-electron chi connectivity index (χ2n) is 3.45. The molecule has 0 unspecified atom stereocenters. The van der Waals surface area contributed by atoms with E-state index in [4.69, 9.17) is 0 Å². The molecule has 0 radical (unpaired) electrons. The van der Waals surface area contributed by atoms with Gasteiger partial charge in [-0.1, -0.05) is 34.8 Å². The van der Waals surface area contributed by atoms with Crippen molar-refractivity contribution in [3.05, 3.63) is 0 Å². The molecule has 1 fully saturated rings. The lowest BCUT2D eigenvalue weighted by Gasteiger charge is -2.51. The van der Waals surface area contributed by atoms with E-state index in [0.29, 0.717) is 0 Å². The molecule has 0 heterocycles. The highest BCUT2D eigenvalue weighted by molar-refractivity contribution is 6.36. The highest BCUT2D eigenvalue weighted by Gasteiger charge is 2.98. The van der Waals surface area contributed by atoms with Crippen molar-refractivity contribution in [2.75, 3.05) is 0 Å². The predicted octanol–water partition coefficient (Wildman–Crippen LogP) is 4.62. The Balaban J connectivity index is 3.72. The summed E-state index contributed by atoms with van der Waals surface area (Å²) >= 11 is 12.1. The van der Waals surface area contributed by atoms with E-state index in [9.17, 15) is 39.5 Å². The van der Waals surface area contributed by atoms with Crippen LogP contribution in [0.1, 0.15) is 0 Å². The topological polar surface area (TPSA) is 0 Å². The zero-order valence-corrected chi connectivity index (χ0v) is 9.80. The van der Waals surface area contributed by atoms with Crippen molar-refractivity contribution < 1.29 is 39.5 Å². The monoisotopic (exact) mass is 348 g/mol. The third-order valence-corrected chi connectivity index (χ3v) is 3.93. The van der Waals surface area contributed by atoms with Gasteiger partial charge in [0.25, 0.3) is 0 Å². The maximum absolute atomic E-state index is 13.1. The first-order valence-electron chi connectivity index (χ1n) is 3.77. The molecule has 0 aromatic rings. The number of halogens is 12. The van der Waals surface area contributed by atoms with Crippen molar-refractivity contribution in [3.8, 4) is 0 Å². The van der Waals surface area contributed by atoms with Gasteiger partial charge in [0.05, 0.1) is 0 Å². The van der Waals surface area contributed by atoms with Crippen LogP contribution in [0.25, 0.3) is 0 Å². The van der Waals surface area contributed by atoms with E-state index in [2.05, 4.69) is 34.8 Å². The van der Waals surface area contributed by atoms with Crippen LogP contribution in [-0.2, 0) is 0 Å². The summed E-state index contributed by atoms with van der Waals surface area (Å²) in [6.45, 7) is 0. The SMILES string of the molecule is FC1(F)C(F)(F)[C@](F)(Cl)[C@](F)(Cl)C(F)(F)[C@]1(F)Cl. The van der Waals surface area contributed by atoms with Gasteiger partial charge in [-0.05, 0) is 0 Å². The molecule has 18 heavy (non-hydrogen) atoms. The van der Waals surface area contributed by atoms with E-state index in [0.717, 1.165) is 0 Å². The average molecular weight is 349 g/mol. The fourth-order valence-corrected chi connectivity index (χ4v) is 1.97. The Morgan fingerprint density at radius 1 is 0.389 bits per heavy atom. The van der Waals surface area contributed by atoms with Crippen LogP contribution in [0.3, 0.4) is 0 Å². The minimum atomic E-state index is -6.52. The fraction of sp³-hybridized carbons (Fsp3) is 1.00. The van der Waals surface area contributed by atoms with Gasteiger partial charge in [-0.3, -0.25) is 0 Å². The molecule has 1 aliphatic rings. The number of hydrogen-bond acceptors (Lipinski definition) is 0. The molecule has 0 N–H and O–H groups in total. The van der Waals surface area contributed by atoms with E-state index in [1.807, 2.05) is 0 Å². The molecule has 1 rings (SSSR count). The van der Waals surface area contributed by atoms with Crippen LogP contribution in [0.5, 0.6) is 0 Å². The van der Waals surface area contributed by atoms with Crippen molar-refractivity contribution in [1.82, 2.24) is 0 Å². The summed E-state index contributed by atoms with van der Waals surface area (Å²) in [6.07, 6.45) is 0. The standard InChI is InChI=1S/C6Cl3F9/c7-1(10)2(8,11)5(15,16)6(17,18)3(9,12)4(1,13)14/t1-,2+,3-/m1/s1. The number of hydrogen-bond donors (Lipinski definition) is 0. The summed E-state index contributed by atoms with van der Waals surface area (Å²) in [4.78, 5) is 0. The third kappa shape index (κ3) is 1.28. The Hall–Kier alpha value is 0.240. The van der Waals surface area contributed by atoms with Gasteiger partial charge in [0.15, 0.2) is 0 Å². The molecule has 0 aromatic carbocycles. The predicted molar refractivity (Wildman–Crippen MR) is 43.9 cm³/mol. The molecule has 0 aromatic heterocycles. The van der Waals surface area contributed by atoms with Gasteiger partial charge in [-0.2, -0.15) is 26.3 Å². The normalized spacial score (nSPS) is 50.0. The van der Waals surface area contributed by atoms with Gasteiger partial charge in [0.1, 0.15) is 0 Å². The molecule has 0 spiro atoms. The first-order valence-corrected chi connectivity index (χ1v) is 4.90. The largest absolute Gasteiger partial charge is 0.368 e. The van der Waals surface area contributed by atoms with Crippen molar-refractivity contribution >= 4 is 34.8 Å². The van der Waals surface area contributed by atoms with Crippen LogP contribution in [0, 0.1) is 0 Å². The summed E-state index contributed by atoms with van der Waals surface area (Å²) in [5.74, 6) is -19.2. The molecule has 0 amide bonds. The second-order valence-corrected chi connectivity index (χ2v) is 5.01. The minimum Gasteiger partial charge on any atom is -0.214 e. The van der Waals surface area contributed by atoms with Crippen LogP contribution in [-0.4, -0.2) is 33.2 Å². The summed E-state index contributed by atoms with van der Waals surface area (Å²) in [5.41, 5.74) is 0. The molecule has 1 saturated carbocycles. The Bertz CT molecular complexity index is 257. The van der Waals surface area contributed by atoms with E-state index in [-0.39, 0.29) is 0 Å². The Morgan fingerprint density at radius 3 is 0.944 bits per heavy atom. The van der Waals surface area contributed by atoms with Gasteiger partial charge < -0.3 is 0 Å². The Kier molecular flexibility index (Phi) is 3.13. The van der Waals surface area contributed by atoms with E-state index in [1.54, 1.807) is 0 Å².